The van der Waals surface area contributed by atoms with Crippen LogP contribution in [-0.4, -0.2) is 11.9 Å². The maximum Gasteiger partial charge on any atom is 0.233 e. The Morgan fingerprint density at radius 1 is 1.50 bits per heavy atom. The monoisotopic (exact) mass is 218 g/mol. The molecule has 0 radical (unpaired) electrons. The number of amides is 1. The van der Waals surface area contributed by atoms with Gasteiger partial charge in [-0.3, -0.25) is 4.79 Å². The largest absolute Gasteiger partial charge is 0.329 e. The van der Waals surface area contributed by atoms with E-state index in [1.54, 1.807) is 0 Å². The first-order valence-electron chi connectivity index (χ1n) is 5.53. The van der Waals surface area contributed by atoms with Crippen LogP contribution >= 0.6 is 0 Å². The third-order valence-electron chi connectivity index (χ3n) is 3.06. The number of azide groups is 1. The first-order chi connectivity index (χ1) is 7.81. The second-order valence-electron chi connectivity index (χ2n) is 4.12. The highest BCUT2D eigenvalue weighted by Gasteiger charge is 2.25. The Morgan fingerprint density at radius 2 is 2.38 bits per heavy atom. The quantitative estimate of drug-likeness (QED) is 0.409. The average Bonchev–Trinajstić information content (AvgIpc) is 2.28. The molecule has 5 nitrogen and oxygen atoms in total. The maximum absolute atomic E-state index is 11.8. The Hall–Kier alpha value is -1.74. The van der Waals surface area contributed by atoms with Crippen LogP contribution in [0.2, 0.25) is 0 Å². The van der Waals surface area contributed by atoms with Crippen LogP contribution in [0.3, 0.4) is 0 Å². The van der Waals surface area contributed by atoms with Gasteiger partial charge in [0.05, 0.1) is 0 Å². The summed E-state index contributed by atoms with van der Waals surface area (Å²) in [5, 5.41) is 6.39. The minimum absolute atomic E-state index is 0.177. The third kappa shape index (κ3) is 2.25. The molecule has 0 saturated carbocycles. The summed E-state index contributed by atoms with van der Waals surface area (Å²) in [6, 6.07) is -0.558. The number of nitrogens with one attached hydrogen (secondary N) is 1. The zero-order chi connectivity index (χ0) is 11.4. The third-order valence-corrected chi connectivity index (χ3v) is 3.06. The first kappa shape index (κ1) is 10.8. The van der Waals surface area contributed by atoms with Gasteiger partial charge in [-0.05, 0) is 30.9 Å². The molecule has 0 aromatic heterocycles. The fourth-order valence-corrected chi connectivity index (χ4v) is 2.18. The smallest absolute Gasteiger partial charge is 0.233 e. The van der Waals surface area contributed by atoms with Crippen molar-refractivity contribution in [1.82, 2.24) is 5.32 Å². The lowest BCUT2D eigenvalue weighted by Crippen LogP contribution is -2.37. The van der Waals surface area contributed by atoms with Crippen molar-refractivity contribution in [3.63, 3.8) is 0 Å². The molecule has 5 heteroatoms. The van der Waals surface area contributed by atoms with E-state index >= 15 is 0 Å². The standard InChI is InChI=1S/C11H14N4O/c12-15-14-10-7-3-5-8-4-1-2-6-9(8)13-11(10)16/h1-2,6,8,10H,3-5,7H2,(H,13,16). The molecule has 0 bridgehead atoms. The van der Waals surface area contributed by atoms with Crippen molar-refractivity contribution in [3.8, 4) is 0 Å². The molecule has 1 heterocycles. The van der Waals surface area contributed by atoms with Crippen LogP contribution in [0.25, 0.3) is 10.4 Å². The van der Waals surface area contributed by atoms with E-state index in [1.165, 1.54) is 0 Å². The topological polar surface area (TPSA) is 77.9 Å². The van der Waals surface area contributed by atoms with Crippen molar-refractivity contribution in [3.05, 3.63) is 34.4 Å². The van der Waals surface area contributed by atoms with Gasteiger partial charge in [-0.2, -0.15) is 0 Å². The molecule has 2 aliphatic rings. The van der Waals surface area contributed by atoms with Crippen LogP contribution < -0.4 is 5.32 Å². The van der Waals surface area contributed by atoms with Crippen molar-refractivity contribution in [2.24, 2.45) is 11.0 Å². The molecule has 0 aromatic carbocycles. The van der Waals surface area contributed by atoms with E-state index in [2.05, 4.69) is 21.4 Å². The Bertz CT molecular complexity index is 393. The molecule has 1 aliphatic heterocycles. The number of carbonyl (C=O) groups is 1. The minimum atomic E-state index is -0.558. The molecule has 1 saturated heterocycles. The minimum Gasteiger partial charge on any atom is -0.329 e. The molecular formula is C11H14N4O. The maximum atomic E-state index is 11.8. The Balaban J connectivity index is 2.15. The van der Waals surface area contributed by atoms with Crippen molar-refractivity contribution >= 4 is 5.91 Å². The summed E-state index contributed by atoms with van der Waals surface area (Å²) in [5.41, 5.74) is 9.35. The first-order valence-corrected chi connectivity index (χ1v) is 5.53. The lowest BCUT2D eigenvalue weighted by atomic mass is 9.89. The van der Waals surface area contributed by atoms with Gasteiger partial charge in [0.15, 0.2) is 0 Å². The van der Waals surface area contributed by atoms with Crippen molar-refractivity contribution in [2.75, 3.05) is 0 Å². The normalized spacial score (nSPS) is 29.0. The van der Waals surface area contributed by atoms with E-state index in [9.17, 15) is 4.79 Å². The molecule has 1 aliphatic carbocycles. The summed E-state index contributed by atoms with van der Waals surface area (Å²) >= 11 is 0. The number of hydrogen-bond acceptors (Lipinski definition) is 2. The van der Waals surface area contributed by atoms with Gasteiger partial charge in [0, 0.05) is 16.5 Å². The van der Waals surface area contributed by atoms with E-state index in [4.69, 9.17) is 5.53 Å². The predicted molar refractivity (Wildman–Crippen MR) is 60.3 cm³/mol. The number of nitrogens with zero attached hydrogens (tertiary/aromatic N) is 3. The van der Waals surface area contributed by atoms with E-state index in [1.807, 2.05) is 12.2 Å². The van der Waals surface area contributed by atoms with Gasteiger partial charge in [0.25, 0.3) is 0 Å². The highest BCUT2D eigenvalue weighted by Crippen LogP contribution is 2.26. The van der Waals surface area contributed by atoms with Crippen LogP contribution in [0.1, 0.15) is 25.7 Å². The molecule has 2 rings (SSSR count). The second-order valence-corrected chi connectivity index (χ2v) is 4.12. The SMILES string of the molecule is [N-]=[N+]=NC1CCCC2CC=CC=C2NC1=O. The molecule has 0 spiro atoms. The van der Waals surface area contributed by atoms with Gasteiger partial charge in [-0.15, -0.1) is 0 Å². The van der Waals surface area contributed by atoms with Crippen LogP contribution in [0.15, 0.2) is 29.0 Å². The van der Waals surface area contributed by atoms with Crippen molar-refractivity contribution in [1.29, 1.82) is 0 Å². The van der Waals surface area contributed by atoms with Gasteiger partial charge in [0.1, 0.15) is 6.04 Å². The average molecular weight is 218 g/mol. The molecule has 1 N–H and O–H groups in total. The highest BCUT2D eigenvalue weighted by molar-refractivity contribution is 5.83. The van der Waals surface area contributed by atoms with Crippen LogP contribution in [0.5, 0.6) is 0 Å². The van der Waals surface area contributed by atoms with Crippen LogP contribution in [0.4, 0.5) is 0 Å². The Morgan fingerprint density at radius 3 is 3.19 bits per heavy atom. The molecule has 1 fully saturated rings. The van der Waals surface area contributed by atoms with Gasteiger partial charge in [-0.25, -0.2) is 0 Å². The molecule has 1 amide bonds. The highest BCUT2D eigenvalue weighted by atomic mass is 16.2. The lowest BCUT2D eigenvalue weighted by Gasteiger charge is -2.26. The summed E-state index contributed by atoms with van der Waals surface area (Å²) < 4.78 is 0. The molecule has 2 unspecified atom stereocenters. The Kier molecular flexibility index (Phi) is 3.27. The summed E-state index contributed by atoms with van der Waals surface area (Å²) in [5.74, 6) is 0.241. The molecule has 0 aromatic rings. The number of fused-ring (bicyclic) bond motifs is 1. The van der Waals surface area contributed by atoms with E-state index in [-0.39, 0.29) is 5.91 Å². The zero-order valence-electron chi connectivity index (χ0n) is 8.97. The fraction of sp³-hybridized carbons (Fsp3) is 0.545. The van der Waals surface area contributed by atoms with Gasteiger partial charge < -0.3 is 5.32 Å². The van der Waals surface area contributed by atoms with Gasteiger partial charge in [-0.1, -0.05) is 23.7 Å². The molecule has 16 heavy (non-hydrogen) atoms. The van der Waals surface area contributed by atoms with Crippen molar-refractivity contribution < 1.29 is 4.79 Å². The summed E-state index contributed by atoms with van der Waals surface area (Å²) in [7, 11) is 0. The van der Waals surface area contributed by atoms with E-state index < -0.39 is 6.04 Å². The Labute approximate surface area is 93.8 Å². The molecule has 84 valence electrons. The summed E-state index contributed by atoms with van der Waals surface area (Å²) in [6.07, 6.45) is 9.59. The lowest BCUT2D eigenvalue weighted by molar-refractivity contribution is -0.122. The number of carbonyl (C=O) groups excluding carboxylic acids is 1. The second kappa shape index (κ2) is 4.86. The van der Waals surface area contributed by atoms with Crippen LogP contribution in [0, 0.1) is 5.92 Å². The van der Waals surface area contributed by atoms with Gasteiger partial charge in [0.2, 0.25) is 5.91 Å². The van der Waals surface area contributed by atoms with Gasteiger partial charge >= 0.3 is 0 Å². The summed E-state index contributed by atoms with van der Waals surface area (Å²) in [4.78, 5) is 14.5. The molecule has 2 atom stereocenters. The van der Waals surface area contributed by atoms with E-state index in [0.717, 1.165) is 25.0 Å². The summed E-state index contributed by atoms with van der Waals surface area (Å²) in [6.45, 7) is 0. The predicted octanol–water partition coefficient (Wildman–Crippen LogP) is 2.43. The molecular weight excluding hydrogens is 204 g/mol. The number of hydrogen-bond donors (Lipinski definition) is 1. The fourth-order valence-electron chi connectivity index (χ4n) is 2.18. The van der Waals surface area contributed by atoms with Crippen LogP contribution in [-0.2, 0) is 4.79 Å². The van der Waals surface area contributed by atoms with Crippen molar-refractivity contribution in [2.45, 2.75) is 31.7 Å². The zero-order valence-corrected chi connectivity index (χ0v) is 8.97. The number of rotatable bonds is 1. The number of allylic oxidation sites excluding steroid dienone is 4. The van der Waals surface area contributed by atoms with E-state index in [0.29, 0.717) is 12.3 Å².